The molecular weight excluding hydrogens is 268 g/mol. The van der Waals surface area contributed by atoms with E-state index in [2.05, 4.69) is 34.0 Å². The van der Waals surface area contributed by atoms with Gasteiger partial charge in [-0.25, -0.2) is 9.78 Å². The van der Waals surface area contributed by atoms with Gasteiger partial charge in [0.1, 0.15) is 5.82 Å². The molecule has 1 fully saturated rings. The molecule has 6 nitrogen and oxygen atoms in total. The summed E-state index contributed by atoms with van der Waals surface area (Å²) in [7, 11) is 1.35. The minimum Gasteiger partial charge on any atom is -0.464 e. The summed E-state index contributed by atoms with van der Waals surface area (Å²) in [6.07, 6.45) is 5.51. The first-order valence-corrected chi connectivity index (χ1v) is 7.49. The Hall–Kier alpha value is -1.69. The number of nitrogens with one attached hydrogen (secondary N) is 1. The number of piperidine rings is 1. The number of anilines is 1. The van der Waals surface area contributed by atoms with Crippen molar-refractivity contribution in [2.75, 3.05) is 31.6 Å². The summed E-state index contributed by atoms with van der Waals surface area (Å²) < 4.78 is 4.71. The van der Waals surface area contributed by atoms with Gasteiger partial charge in [-0.15, -0.1) is 0 Å². The molecule has 1 aromatic heterocycles. The average Bonchev–Trinajstić information content (AvgIpc) is 2.52. The van der Waals surface area contributed by atoms with E-state index in [-0.39, 0.29) is 5.69 Å². The van der Waals surface area contributed by atoms with Gasteiger partial charge in [0, 0.05) is 12.6 Å². The van der Waals surface area contributed by atoms with Gasteiger partial charge in [0.05, 0.1) is 19.5 Å². The van der Waals surface area contributed by atoms with Gasteiger partial charge in [-0.3, -0.25) is 4.98 Å². The Morgan fingerprint density at radius 1 is 1.43 bits per heavy atom. The first kappa shape index (κ1) is 15.7. The van der Waals surface area contributed by atoms with Gasteiger partial charge >= 0.3 is 5.97 Å². The van der Waals surface area contributed by atoms with Crippen LogP contribution in [0.4, 0.5) is 5.82 Å². The van der Waals surface area contributed by atoms with Gasteiger partial charge in [-0.1, -0.05) is 0 Å². The summed E-state index contributed by atoms with van der Waals surface area (Å²) in [5, 5.41) is 3.38. The molecule has 1 aliphatic rings. The van der Waals surface area contributed by atoms with Crippen molar-refractivity contribution in [2.24, 2.45) is 5.92 Å². The second-order valence-corrected chi connectivity index (χ2v) is 5.69. The summed E-state index contributed by atoms with van der Waals surface area (Å²) in [6.45, 7) is 7.36. The standard InChI is InChI=1S/C15H24N4O2/c1-11(2)19(10-12-4-6-16-7-5-12)14-9-17-8-13(18-14)15(20)21-3/h8-9,11-12,16H,4-7,10H2,1-3H3. The van der Waals surface area contributed by atoms with Crippen LogP contribution in [0, 0.1) is 5.92 Å². The van der Waals surface area contributed by atoms with Gasteiger partial charge < -0.3 is 15.0 Å². The number of esters is 1. The van der Waals surface area contributed by atoms with Crippen LogP contribution in [0.15, 0.2) is 12.4 Å². The fraction of sp³-hybridized carbons (Fsp3) is 0.667. The van der Waals surface area contributed by atoms with Crippen LogP contribution in [0.25, 0.3) is 0 Å². The zero-order valence-corrected chi connectivity index (χ0v) is 13.0. The van der Waals surface area contributed by atoms with E-state index in [1.54, 1.807) is 6.20 Å². The third-order valence-corrected chi connectivity index (χ3v) is 3.85. The van der Waals surface area contributed by atoms with Crippen molar-refractivity contribution in [3.8, 4) is 0 Å². The zero-order chi connectivity index (χ0) is 15.2. The van der Waals surface area contributed by atoms with Gasteiger partial charge in [-0.2, -0.15) is 0 Å². The minimum atomic E-state index is -0.449. The van der Waals surface area contributed by atoms with E-state index in [1.165, 1.54) is 26.1 Å². The molecule has 0 radical (unpaired) electrons. The largest absolute Gasteiger partial charge is 0.464 e. The summed E-state index contributed by atoms with van der Waals surface area (Å²) in [4.78, 5) is 22.4. The topological polar surface area (TPSA) is 67.3 Å². The average molecular weight is 292 g/mol. The van der Waals surface area contributed by atoms with Crippen molar-refractivity contribution in [1.82, 2.24) is 15.3 Å². The van der Waals surface area contributed by atoms with E-state index in [0.717, 1.165) is 25.5 Å². The highest BCUT2D eigenvalue weighted by atomic mass is 16.5. The highest BCUT2D eigenvalue weighted by molar-refractivity contribution is 5.87. The van der Waals surface area contributed by atoms with Crippen molar-refractivity contribution in [1.29, 1.82) is 0 Å². The predicted molar refractivity (Wildman–Crippen MR) is 81.4 cm³/mol. The fourth-order valence-corrected chi connectivity index (χ4v) is 2.61. The van der Waals surface area contributed by atoms with Crippen LogP contribution < -0.4 is 10.2 Å². The molecular formula is C15H24N4O2. The maximum absolute atomic E-state index is 11.6. The molecule has 0 bridgehead atoms. The van der Waals surface area contributed by atoms with E-state index >= 15 is 0 Å². The molecule has 21 heavy (non-hydrogen) atoms. The zero-order valence-electron chi connectivity index (χ0n) is 13.0. The molecule has 0 aliphatic carbocycles. The first-order valence-electron chi connectivity index (χ1n) is 7.49. The van der Waals surface area contributed by atoms with Crippen molar-refractivity contribution in [2.45, 2.75) is 32.7 Å². The number of ether oxygens (including phenoxy) is 1. The van der Waals surface area contributed by atoms with E-state index < -0.39 is 5.97 Å². The van der Waals surface area contributed by atoms with E-state index in [4.69, 9.17) is 4.74 Å². The number of carbonyl (C=O) groups is 1. The van der Waals surface area contributed by atoms with Gasteiger partial charge in [0.25, 0.3) is 0 Å². The number of hydrogen-bond donors (Lipinski definition) is 1. The molecule has 0 unspecified atom stereocenters. The van der Waals surface area contributed by atoms with Crippen LogP contribution in [0.1, 0.15) is 37.2 Å². The second-order valence-electron chi connectivity index (χ2n) is 5.69. The lowest BCUT2D eigenvalue weighted by atomic mass is 9.97. The molecule has 0 spiro atoms. The smallest absolute Gasteiger partial charge is 0.358 e. The molecule has 2 rings (SSSR count). The van der Waals surface area contributed by atoms with E-state index in [0.29, 0.717) is 12.0 Å². The van der Waals surface area contributed by atoms with E-state index in [9.17, 15) is 4.79 Å². The quantitative estimate of drug-likeness (QED) is 0.829. The molecule has 1 aliphatic heterocycles. The highest BCUT2D eigenvalue weighted by Gasteiger charge is 2.21. The Labute approximate surface area is 125 Å². The number of rotatable bonds is 5. The predicted octanol–water partition coefficient (Wildman–Crippen LogP) is 1.48. The van der Waals surface area contributed by atoms with Crippen molar-refractivity contribution < 1.29 is 9.53 Å². The lowest BCUT2D eigenvalue weighted by Gasteiger charge is -2.33. The Morgan fingerprint density at radius 3 is 2.76 bits per heavy atom. The molecule has 0 saturated carbocycles. The molecule has 0 amide bonds. The van der Waals surface area contributed by atoms with Crippen LogP contribution in [0.3, 0.4) is 0 Å². The molecule has 116 valence electrons. The second kappa shape index (κ2) is 7.36. The molecule has 0 atom stereocenters. The highest BCUT2D eigenvalue weighted by Crippen LogP contribution is 2.20. The lowest BCUT2D eigenvalue weighted by Crippen LogP contribution is -2.40. The molecule has 2 heterocycles. The third kappa shape index (κ3) is 4.14. The molecule has 1 aromatic rings. The Bertz CT molecular complexity index is 472. The molecule has 1 N–H and O–H groups in total. The Kier molecular flexibility index (Phi) is 5.50. The minimum absolute atomic E-state index is 0.256. The summed E-state index contributed by atoms with van der Waals surface area (Å²) in [6, 6.07) is 0.307. The molecule has 1 saturated heterocycles. The van der Waals surface area contributed by atoms with Crippen molar-refractivity contribution >= 4 is 11.8 Å². The third-order valence-electron chi connectivity index (χ3n) is 3.85. The Morgan fingerprint density at radius 2 is 2.14 bits per heavy atom. The number of methoxy groups -OCH3 is 1. The fourth-order valence-electron chi connectivity index (χ4n) is 2.61. The monoisotopic (exact) mass is 292 g/mol. The normalized spacial score (nSPS) is 16.0. The number of hydrogen-bond acceptors (Lipinski definition) is 6. The van der Waals surface area contributed by atoms with Crippen molar-refractivity contribution in [3.05, 3.63) is 18.1 Å². The number of carbonyl (C=O) groups excluding carboxylic acids is 1. The number of nitrogens with zero attached hydrogens (tertiary/aromatic N) is 3. The maximum Gasteiger partial charge on any atom is 0.358 e. The number of aromatic nitrogens is 2. The Balaban J connectivity index is 2.15. The van der Waals surface area contributed by atoms with Gasteiger partial charge in [-0.05, 0) is 45.7 Å². The maximum atomic E-state index is 11.6. The van der Waals surface area contributed by atoms with Gasteiger partial charge in [0.2, 0.25) is 0 Å². The van der Waals surface area contributed by atoms with Crippen molar-refractivity contribution in [3.63, 3.8) is 0 Å². The van der Waals surface area contributed by atoms with Crippen LogP contribution in [-0.4, -0.2) is 48.7 Å². The van der Waals surface area contributed by atoms with Crippen LogP contribution >= 0.6 is 0 Å². The molecule has 0 aromatic carbocycles. The lowest BCUT2D eigenvalue weighted by molar-refractivity contribution is 0.0593. The summed E-state index contributed by atoms with van der Waals surface area (Å²) >= 11 is 0. The van der Waals surface area contributed by atoms with Crippen LogP contribution in [0.5, 0.6) is 0 Å². The van der Waals surface area contributed by atoms with Gasteiger partial charge in [0.15, 0.2) is 5.69 Å². The summed E-state index contributed by atoms with van der Waals surface area (Å²) in [5.74, 6) is 0.943. The van der Waals surface area contributed by atoms with Crippen LogP contribution in [0.2, 0.25) is 0 Å². The van der Waals surface area contributed by atoms with E-state index in [1.807, 2.05) is 0 Å². The molecule has 6 heteroatoms. The summed E-state index contributed by atoms with van der Waals surface area (Å²) in [5.41, 5.74) is 0.256. The SMILES string of the molecule is COC(=O)c1cncc(N(CC2CCNCC2)C(C)C)n1. The van der Waals surface area contributed by atoms with Crippen LogP contribution in [-0.2, 0) is 4.74 Å². The first-order chi connectivity index (χ1) is 10.1.